The van der Waals surface area contributed by atoms with Gasteiger partial charge in [-0.25, -0.2) is 14.4 Å². The van der Waals surface area contributed by atoms with Crippen molar-refractivity contribution in [3.63, 3.8) is 0 Å². The van der Waals surface area contributed by atoms with Gasteiger partial charge in [-0.05, 0) is 56.4 Å². The summed E-state index contributed by atoms with van der Waals surface area (Å²) >= 11 is 0. The van der Waals surface area contributed by atoms with E-state index in [1.807, 2.05) is 13.8 Å². The highest BCUT2D eigenvalue weighted by Gasteiger charge is 2.21. The summed E-state index contributed by atoms with van der Waals surface area (Å²) in [6, 6.07) is 6.98. The second kappa shape index (κ2) is 14.8. The van der Waals surface area contributed by atoms with Crippen LogP contribution < -0.4 is 4.74 Å². The van der Waals surface area contributed by atoms with Crippen molar-refractivity contribution in [3.8, 4) is 5.75 Å². The van der Waals surface area contributed by atoms with E-state index >= 15 is 0 Å². The van der Waals surface area contributed by atoms with Crippen LogP contribution in [0.3, 0.4) is 0 Å². The van der Waals surface area contributed by atoms with Gasteiger partial charge < -0.3 is 18.9 Å². The predicted molar refractivity (Wildman–Crippen MR) is 117 cm³/mol. The Labute approximate surface area is 184 Å². The molecule has 1 aromatic rings. The first-order valence-corrected chi connectivity index (χ1v) is 10.5. The fraction of sp³-hybridized carbons (Fsp3) is 0.458. The third-order valence-corrected chi connectivity index (χ3v) is 3.89. The zero-order valence-corrected chi connectivity index (χ0v) is 18.6. The van der Waals surface area contributed by atoms with Gasteiger partial charge >= 0.3 is 17.9 Å². The van der Waals surface area contributed by atoms with Crippen molar-refractivity contribution in [1.29, 1.82) is 0 Å². The molecule has 1 aromatic carbocycles. The lowest BCUT2D eigenvalue weighted by Crippen LogP contribution is -2.19. The molecule has 0 aliphatic rings. The topological polar surface area (TPSA) is 88.1 Å². The van der Waals surface area contributed by atoms with Gasteiger partial charge in [-0.15, -0.1) is 0 Å². The van der Waals surface area contributed by atoms with Gasteiger partial charge in [-0.3, -0.25) is 0 Å². The highest BCUT2D eigenvalue weighted by molar-refractivity contribution is 6.17. The summed E-state index contributed by atoms with van der Waals surface area (Å²) in [7, 11) is 0. The molecule has 0 heterocycles. The van der Waals surface area contributed by atoms with E-state index in [0.29, 0.717) is 49.4 Å². The second-order valence-corrected chi connectivity index (χ2v) is 6.87. The van der Waals surface area contributed by atoms with E-state index in [-0.39, 0.29) is 24.8 Å². The largest absolute Gasteiger partial charge is 0.494 e. The van der Waals surface area contributed by atoms with E-state index in [1.165, 1.54) is 6.08 Å². The van der Waals surface area contributed by atoms with Crippen LogP contribution in [-0.2, 0) is 28.6 Å². The van der Waals surface area contributed by atoms with Gasteiger partial charge in [0.2, 0.25) is 0 Å². The lowest BCUT2D eigenvalue weighted by Gasteiger charge is -2.09. The monoisotopic (exact) mass is 432 g/mol. The molecule has 170 valence electrons. The fourth-order valence-corrected chi connectivity index (χ4v) is 2.26. The van der Waals surface area contributed by atoms with Crippen molar-refractivity contribution in [3.05, 3.63) is 47.6 Å². The molecule has 7 nitrogen and oxygen atoms in total. The van der Waals surface area contributed by atoms with E-state index in [2.05, 4.69) is 6.58 Å². The third kappa shape index (κ3) is 10.5. The number of esters is 3. The van der Waals surface area contributed by atoms with E-state index in [4.69, 9.17) is 18.9 Å². The van der Waals surface area contributed by atoms with E-state index in [0.717, 1.165) is 6.42 Å². The lowest BCUT2D eigenvalue weighted by molar-refractivity contribution is -0.147. The van der Waals surface area contributed by atoms with Crippen LogP contribution >= 0.6 is 0 Å². The number of carbonyl (C=O) groups is 3. The molecule has 0 bridgehead atoms. The van der Waals surface area contributed by atoms with Gasteiger partial charge in [0.05, 0.1) is 26.4 Å². The van der Waals surface area contributed by atoms with Crippen LogP contribution in [0.5, 0.6) is 5.75 Å². The predicted octanol–water partition coefficient (Wildman–Crippen LogP) is 4.25. The molecular formula is C24H32O7. The molecular weight excluding hydrogens is 400 g/mol. The normalized spacial score (nSPS) is 10.0. The van der Waals surface area contributed by atoms with E-state index in [9.17, 15) is 14.4 Å². The molecule has 0 saturated heterocycles. The molecule has 0 aliphatic carbocycles. The summed E-state index contributed by atoms with van der Waals surface area (Å²) < 4.78 is 20.9. The lowest BCUT2D eigenvalue weighted by atomic mass is 10.1. The quantitative estimate of drug-likeness (QED) is 0.108. The smallest absolute Gasteiger partial charge is 0.345 e. The summed E-state index contributed by atoms with van der Waals surface area (Å²) in [5.41, 5.74) is 0.890. The zero-order chi connectivity index (χ0) is 23.1. The average Bonchev–Trinajstić information content (AvgIpc) is 2.77. The Hall–Kier alpha value is -3.09. The van der Waals surface area contributed by atoms with Crippen molar-refractivity contribution >= 4 is 24.0 Å². The van der Waals surface area contributed by atoms with Crippen molar-refractivity contribution in [2.45, 2.75) is 46.5 Å². The van der Waals surface area contributed by atoms with E-state index in [1.54, 1.807) is 31.2 Å². The Morgan fingerprint density at radius 2 is 1.32 bits per heavy atom. The fourth-order valence-electron chi connectivity index (χ4n) is 2.26. The van der Waals surface area contributed by atoms with Crippen molar-refractivity contribution < 1.29 is 33.3 Å². The van der Waals surface area contributed by atoms with Gasteiger partial charge in [-0.1, -0.05) is 32.6 Å². The number of benzene rings is 1. The Bertz CT molecular complexity index is 741. The minimum Gasteiger partial charge on any atom is -0.494 e. The first-order valence-electron chi connectivity index (χ1n) is 10.5. The van der Waals surface area contributed by atoms with Crippen LogP contribution in [0.15, 0.2) is 42.0 Å². The van der Waals surface area contributed by atoms with Crippen molar-refractivity contribution in [2.24, 2.45) is 0 Å². The maximum Gasteiger partial charge on any atom is 0.345 e. The maximum absolute atomic E-state index is 12.2. The number of hydrogen-bond donors (Lipinski definition) is 0. The number of rotatable bonds is 14. The van der Waals surface area contributed by atoms with Gasteiger partial charge in [0.15, 0.2) is 0 Å². The molecule has 0 fully saturated rings. The molecule has 0 unspecified atom stereocenters. The van der Waals surface area contributed by atoms with Gasteiger partial charge in [0, 0.05) is 5.57 Å². The molecule has 0 aliphatic heterocycles. The summed E-state index contributed by atoms with van der Waals surface area (Å²) in [4.78, 5) is 35.7. The van der Waals surface area contributed by atoms with Crippen molar-refractivity contribution in [1.82, 2.24) is 0 Å². The number of unbranched alkanes of at least 4 members (excludes halogenated alkanes) is 1. The van der Waals surface area contributed by atoms with Gasteiger partial charge in [0.1, 0.15) is 11.3 Å². The Kier molecular flexibility index (Phi) is 12.4. The van der Waals surface area contributed by atoms with Crippen LogP contribution in [-0.4, -0.2) is 44.3 Å². The third-order valence-electron chi connectivity index (χ3n) is 3.89. The summed E-state index contributed by atoms with van der Waals surface area (Å²) in [6.45, 7) is 10.1. The molecule has 1 rings (SSSR count). The zero-order valence-electron chi connectivity index (χ0n) is 18.6. The highest BCUT2D eigenvalue weighted by Crippen LogP contribution is 2.16. The summed E-state index contributed by atoms with van der Waals surface area (Å²) in [5, 5.41) is 0. The highest BCUT2D eigenvalue weighted by atomic mass is 16.6. The first kappa shape index (κ1) is 25.9. The molecule has 0 saturated carbocycles. The van der Waals surface area contributed by atoms with E-state index < -0.39 is 11.9 Å². The SMILES string of the molecule is C=C(C)C(=O)OCCCCOc1ccc(C=C(C(=O)OCCC)C(=O)OCCC)cc1. The van der Waals surface area contributed by atoms with Gasteiger partial charge in [-0.2, -0.15) is 0 Å². The molecule has 0 atom stereocenters. The Balaban J connectivity index is 2.61. The molecule has 0 radical (unpaired) electrons. The average molecular weight is 433 g/mol. The molecule has 0 amide bonds. The van der Waals surface area contributed by atoms with Crippen LogP contribution in [0, 0.1) is 0 Å². The van der Waals surface area contributed by atoms with Crippen LogP contribution in [0.25, 0.3) is 6.08 Å². The summed E-state index contributed by atoms with van der Waals surface area (Å²) in [5.74, 6) is -1.13. The van der Waals surface area contributed by atoms with Crippen LogP contribution in [0.2, 0.25) is 0 Å². The standard InChI is InChI=1S/C24H32O7/c1-5-13-29-23(26)21(24(27)30-14-6-2)17-19-9-11-20(12-10-19)28-15-7-8-16-31-22(25)18(3)4/h9-12,17H,3,5-8,13-16H2,1-2,4H3. The van der Waals surface area contributed by atoms with Crippen LogP contribution in [0.1, 0.15) is 52.0 Å². The van der Waals surface area contributed by atoms with Crippen LogP contribution in [0.4, 0.5) is 0 Å². The molecule has 0 N–H and O–H groups in total. The van der Waals surface area contributed by atoms with Crippen molar-refractivity contribution in [2.75, 3.05) is 26.4 Å². The molecule has 31 heavy (non-hydrogen) atoms. The minimum atomic E-state index is -0.698. The van der Waals surface area contributed by atoms with Gasteiger partial charge in [0.25, 0.3) is 0 Å². The maximum atomic E-state index is 12.2. The second-order valence-electron chi connectivity index (χ2n) is 6.87. The number of ether oxygens (including phenoxy) is 4. The first-order chi connectivity index (χ1) is 14.9. The Morgan fingerprint density at radius 3 is 1.84 bits per heavy atom. The minimum absolute atomic E-state index is 0.139. The number of hydrogen-bond acceptors (Lipinski definition) is 7. The summed E-state index contributed by atoms with van der Waals surface area (Å²) in [6.07, 6.45) is 4.18. The molecule has 7 heteroatoms. The molecule has 0 spiro atoms. The molecule has 0 aromatic heterocycles. The number of carbonyl (C=O) groups excluding carboxylic acids is 3. The Morgan fingerprint density at radius 1 is 0.806 bits per heavy atom.